The number of H-pyrrole nitrogens is 1. The lowest BCUT2D eigenvalue weighted by molar-refractivity contribution is -0.142. The highest BCUT2D eigenvalue weighted by atomic mass is 16.4. The fourth-order valence-electron chi connectivity index (χ4n) is 3.50. The Morgan fingerprint density at radius 3 is 2.17 bits per heavy atom. The molecule has 1 heterocycles. The SMILES string of the molecule is CC(C)[C@H](N)C(=O)N[C@@H](CCC(=O)O)C(=O)N[C@@H](C)C(=O)N[C@@H](Cc1c[nH]c2ccccc12)C(=O)O. The van der Waals surface area contributed by atoms with E-state index < -0.39 is 60.2 Å². The third kappa shape index (κ3) is 7.80. The topological polar surface area (TPSA) is 204 Å². The van der Waals surface area contributed by atoms with Gasteiger partial charge in [0.1, 0.15) is 18.1 Å². The highest BCUT2D eigenvalue weighted by molar-refractivity contribution is 5.94. The first kappa shape index (κ1) is 28.3. The van der Waals surface area contributed by atoms with Crippen LogP contribution >= 0.6 is 0 Å². The molecule has 0 fully saturated rings. The van der Waals surface area contributed by atoms with Gasteiger partial charge < -0.3 is 36.9 Å². The van der Waals surface area contributed by atoms with Gasteiger partial charge in [-0.3, -0.25) is 19.2 Å². The van der Waals surface area contributed by atoms with Crippen LogP contribution in [0.5, 0.6) is 0 Å². The lowest BCUT2D eigenvalue weighted by atomic mass is 10.0. The summed E-state index contributed by atoms with van der Waals surface area (Å²) in [5.41, 5.74) is 7.34. The minimum Gasteiger partial charge on any atom is -0.481 e. The molecule has 0 saturated heterocycles. The van der Waals surface area contributed by atoms with Gasteiger partial charge in [0.05, 0.1) is 6.04 Å². The van der Waals surface area contributed by atoms with E-state index in [1.165, 1.54) is 6.92 Å². The molecule has 0 aliphatic rings. The van der Waals surface area contributed by atoms with Gasteiger partial charge in [-0.1, -0.05) is 32.0 Å². The van der Waals surface area contributed by atoms with E-state index in [0.717, 1.165) is 10.9 Å². The fraction of sp³-hybridized carbons (Fsp3) is 0.458. The number of fused-ring (bicyclic) bond motifs is 1. The van der Waals surface area contributed by atoms with Crippen molar-refractivity contribution < 1.29 is 34.2 Å². The summed E-state index contributed by atoms with van der Waals surface area (Å²) in [5.74, 6) is -4.80. The summed E-state index contributed by atoms with van der Waals surface area (Å²) >= 11 is 0. The van der Waals surface area contributed by atoms with Crippen LogP contribution in [0.2, 0.25) is 0 Å². The first-order valence-corrected chi connectivity index (χ1v) is 11.6. The second-order valence-electron chi connectivity index (χ2n) is 8.96. The van der Waals surface area contributed by atoms with Gasteiger partial charge in [-0.2, -0.15) is 0 Å². The Labute approximate surface area is 208 Å². The van der Waals surface area contributed by atoms with Gasteiger partial charge in [-0.15, -0.1) is 0 Å². The van der Waals surface area contributed by atoms with Crippen molar-refractivity contribution in [2.75, 3.05) is 0 Å². The highest BCUT2D eigenvalue weighted by Crippen LogP contribution is 2.19. The number of nitrogens with two attached hydrogens (primary N) is 1. The maximum Gasteiger partial charge on any atom is 0.326 e. The number of carbonyl (C=O) groups excluding carboxylic acids is 3. The molecule has 0 unspecified atom stereocenters. The van der Waals surface area contributed by atoms with E-state index in [9.17, 15) is 29.1 Å². The third-order valence-electron chi connectivity index (χ3n) is 5.77. The second-order valence-corrected chi connectivity index (χ2v) is 8.96. The molecule has 1 aromatic heterocycles. The van der Waals surface area contributed by atoms with Crippen LogP contribution in [-0.2, 0) is 30.4 Å². The summed E-state index contributed by atoms with van der Waals surface area (Å²) in [6.45, 7) is 4.80. The molecule has 0 spiro atoms. The van der Waals surface area contributed by atoms with Crippen LogP contribution in [-0.4, -0.2) is 69.0 Å². The van der Waals surface area contributed by atoms with Gasteiger partial charge in [0.15, 0.2) is 0 Å². The molecule has 0 aliphatic heterocycles. The molecule has 8 N–H and O–H groups in total. The summed E-state index contributed by atoms with van der Waals surface area (Å²) in [6.07, 6.45) is 1.07. The highest BCUT2D eigenvalue weighted by Gasteiger charge is 2.29. The smallest absolute Gasteiger partial charge is 0.326 e. The summed E-state index contributed by atoms with van der Waals surface area (Å²) in [4.78, 5) is 63.6. The molecule has 0 aliphatic carbocycles. The van der Waals surface area contributed by atoms with E-state index in [-0.39, 0.29) is 18.8 Å². The van der Waals surface area contributed by atoms with Crippen molar-refractivity contribution in [2.45, 2.75) is 64.2 Å². The molecule has 0 saturated carbocycles. The maximum absolute atomic E-state index is 12.8. The van der Waals surface area contributed by atoms with Crippen LogP contribution in [0.4, 0.5) is 0 Å². The van der Waals surface area contributed by atoms with E-state index >= 15 is 0 Å². The van der Waals surface area contributed by atoms with Gasteiger partial charge in [0.2, 0.25) is 17.7 Å². The Morgan fingerprint density at radius 2 is 1.56 bits per heavy atom. The molecule has 1 aromatic carbocycles. The van der Waals surface area contributed by atoms with E-state index in [0.29, 0.717) is 5.56 Å². The normalized spacial score (nSPS) is 14.5. The molecular formula is C24H33N5O7. The number of aromatic nitrogens is 1. The third-order valence-corrected chi connectivity index (χ3v) is 5.77. The molecule has 12 nitrogen and oxygen atoms in total. The summed E-state index contributed by atoms with van der Waals surface area (Å²) in [5, 5.41) is 26.7. The molecule has 3 amide bonds. The van der Waals surface area contributed by atoms with Crippen LogP contribution < -0.4 is 21.7 Å². The number of para-hydroxylation sites is 1. The standard InChI is InChI=1S/C24H33N5O7/c1-12(2)20(25)23(34)28-17(8-9-19(30)31)22(33)27-13(3)21(32)29-18(24(35)36)10-14-11-26-16-7-5-4-6-15(14)16/h4-7,11-13,17-18,20,26H,8-10,25H2,1-3H3,(H,27,33)(H,28,34)(H,29,32)(H,30,31)(H,35,36)/t13-,17-,18-,20-/m0/s1. The lowest BCUT2D eigenvalue weighted by Gasteiger charge is -2.24. The molecule has 36 heavy (non-hydrogen) atoms. The number of rotatable bonds is 13. The van der Waals surface area contributed by atoms with Crippen molar-refractivity contribution in [2.24, 2.45) is 11.7 Å². The van der Waals surface area contributed by atoms with E-state index in [1.807, 2.05) is 24.3 Å². The molecular weight excluding hydrogens is 470 g/mol. The van der Waals surface area contributed by atoms with Crippen molar-refractivity contribution in [3.05, 3.63) is 36.0 Å². The Hall–Kier alpha value is -3.93. The number of amides is 3. The molecule has 2 rings (SSSR count). The Morgan fingerprint density at radius 1 is 0.917 bits per heavy atom. The molecule has 4 atom stereocenters. The monoisotopic (exact) mass is 503 g/mol. The van der Waals surface area contributed by atoms with Crippen molar-refractivity contribution in [3.8, 4) is 0 Å². The van der Waals surface area contributed by atoms with Crippen molar-refractivity contribution in [3.63, 3.8) is 0 Å². The first-order chi connectivity index (χ1) is 16.9. The summed E-state index contributed by atoms with van der Waals surface area (Å²) < 4.78 is 0. The van der Waals surface area contributed by atoms with Gasteiger partial charge in [-0.05, 0) is 30.9 Å². The number of carboxylic acids is 2. The molecule has 2 aromatic rings. The van der Waals surface area contributed by atoms with Gasteiger partial charge >= 0.3 is 11.9 Å². The van der Waals surface area contributed by atoms with Gasteiger partial charge in [-0.25, -0.2) is 4.79 Å². The molecule has 196 valence electrons. The number of carboxylic acid groups (broad SMARTS) is 2. The van der Waals surface area contributed by atoms with E-state index in [4.69, 9.17) is 10.8 Å². The van der Waals surface area contributed by atoms with E-state index in [1.54, 1.807) is 20.0 Å². The van der Waals surface area contributed by atoms with Crippen LogP contribution in [0, 0.1) is 5.92 Å². The summed E-state index contributed by atoms with van der Waals surface area (Å²) in [6, 6.07) is 2.76. The zero-order valence-electron chi connectivity index (χ0n) is 20.4. The summed E-state index contributed by atoms with van der Waals surface area (Å²) in [7, 11) is 0. The Bertz CT molecular complexity index is 1110. The first-order valence-electron chi connectivity index (χ1n) is 11.6. The number of aromatic amines is 1. The van der Waals surface area contributed by atoms with Gasteiger partial charge in [0, 0.05) is 29.9 Å². The van der Waals surface area contributed by atoms with Crippen molar-refractivity contribution >= 4 is 40.6 Å². The molecule has 0 radical (unpaired) electrons. The number of hydrogen-bond donors (Lipinski definition) is 7. The quantitative estimate of drug-likeness (QED) is 0.199. The maximum atomic E-state index is 12.8. The largest absolute Gasteiger partial charge is 0.481 e. The minimum atomic E-state index is -1.26. The number of nitrogens with one attached hydrogen (secondary N) is 4. The van der Waals surface area contributed by atoms with Crippen LogP contribution in [0.3, 0.4) is 0 Å². The number of aliphatic carboxylic acids is 2. The molecule has 12 heteroatoms. The predicted octanol–water partition coefficient (Wildman–Crippen LogP) is 0.117. The molecule has 0 bridgehead atoms. The lowest BCUT2D eigenvalue weighted by Crippen LogP contribution is -2.57. The van der Waals surface area contributed by atoms with Crippen LogP contribution in [0.25, 0.3) is 10.9 Å². The number of benzene rings is 1. The van der Waals surface area contributed by atoms with Gasteiger partial charge in [0.25, 0.3) is 0 Å². The zero-order chi connectivity index (χ0) is 27.0. The van der Waals surface area contributed by atoms with Crippen molar-refractivity contribution in [1.29, 1.82) is 0 Å². The van der Waals surface area contributed by atoms with Crippen molar-refractivity contribution in [1.82, 2.24) is 20.9 Å². The average Bonchev–Trinajstić information content (AvgIpc) is 3.22. The van der Waals surface area contributed by atoms with Crippen LogP contribution in [0.1, 0.15) is 39.2 Å². The van der Waals surface area contributed by atoms with E-state index in [2.05, 4.69) is 20.9 Å². The fourth-order valence-corrected chi connectivity index (χ4v) is 3.50. The average molecular weight is 504 g/mol. The zero-order valence-corrected chi connectivity index (χ0v) is 20.4. The minimum absolute atomic E-state index is 0.0101. The second kappa shape index (κ2) is 12.7. The Balaban J connectivity index is 2.05. The predicted molar refractivity (Wildman–Crippen MR) is 131 cm³/mol. The number of hydrogen-bond acceptors (Lipinski definition) is 6. The van der Waals surface area contributed by atoms with Crippen LogP contribution in [0.15, 0.2) is 30.5 Å². The number of carbonyl (C=O) groups is 5. The Kier molecular flexibility index (Phi) is 9.97.